The van der Waals surface area contributed by atoms with Crippen LogP contribution in [-0.2, 0) is 4.79 Å². The van der Waals surface area contributed by atoms with Gasteiger partial charge < -0.3 is 5.32 Å². The van der Waals surface area contributed by atoms with Gasteiger partial charge in [-0.15, -0.1) is 5.10 Å². The number of para-hydroxylation sites is 2. The molecule has 150 valence electrons. The summed E-state index contributed by atoms with van der Waals surface area (Å²) in [5.41, 5.74) is 4.25. The van der Waals surface area contributed by atoms with Crippen LogP contribution >= 0.6 is 11.8 Å². The minimum Gasteiger partial charge on any atom is -0.325 e. The van der Waals surface area contributed by atoms with Crippen LogP contribution in [0.2, 0.25) is 0 Å². The molecule has 0 atom stereocenters. The summed E-state index contributed by atoms with van der Waals surface area (Å²) in [6, 6.07) is 13.1. The molecule has 1 N–H and O–H groups in total. The summed E-state index contributed by atoms with van der Waals surface area (Å²) in [5, 5.41) is 15.6. The molecule has 0 saturated heterocycles. The minimum atomic E-state index is -0.117. The van der Waals surface area contributed by atoms with Crippen molar-refractivity contribution in [3.05, 3.63) is 59.2 Å². The van der Waals surface area contributed by atoms with E-state index in [-0.39, 0.29) is 11.7 Å². The predicted molar refractivity (Wildman–Crippen MR) is 114 cm³/mol. The van der Waals surface area contributed by atoms with Gasteiger partial charge in [-0.2, -0.15) is 4.68 Å². The Morgan fingerprint density at radius 3 is 2.52 bits per heavy atom. The topological polar surface area (TPSA) is 89.8 Å². The number of aryl methyl sites for hydroxylation is 2. The first-order valence-corrected chi connectivity index (χ1v) is 10.3. The quantitative estimate of drug-likeness (QED) is 0.344. The molecule has 3 aromatic rings. The maximum absolute atomic E-state index is 12.2. The van der Waals surface area contributed by atoms with Gasteiger partial charge in [-0.25, -0.2) is 0 Å². The molecule has 0 aliphatic rings. The van der Waals surface area contributed by atoms with E-state index in [1.807, 2.05) is 32.0 Å². The van der Waals surface area contributed by atoms with E-state index in [9.17, 15) is 9.59 Å². The summed E-state index contributed by atoms with van der Waals surface area (Å²) < 4.78 is 1.75. The van der Waals surface area contributed by atoms with E-state index in [2.05, 4.69) is 20.8 Å². The highest BCUT2D eigenvalue weighted by Crippen LogP contribution is 2.24. The molecule has 1 amide bonds. The van der Waals surface area contributed by atoms with Crippen molar-refractivity contribution in [2.24, 2.45) is 0 Å². The van der Waals surface area contributed by atoms with Crippen molar-refractivity contribution < 1.29 is 9.59 Å². The van der Waals surface area contributed by atoms with E-state index in [1.54, 1.807) is 28.9 Å². The van der Waals surface area contributed by atoms with Crippen LogP contribution < -0.4 is 5.32 Å². The number of hydrogen-bond acceptors (Lipinski definition) is 6. The second-order valence-electron chi connectivity index (χ2n) is 6.72. The number of hydrogen-bond donors (Lipinski definition) is 1. The molecule has 0 aliphatic heterocycles. The molecule has 0 fully saturated rings. The van der Waals surface area contributed by atoms with E-state index in [0.717, 1.165) is 16.8 Å². The van der Waals surface area contributed by atoms with E-state index in [1.165, 1.54) is 18.7 Å². The van der Waals surface area contributed by atoms with Crippen LogP contribution in [0.1, 0.15) is 41.3 Å². The molecule has 1 heterocycles. The number of thioether (sulfide) groups is 1. The van der Waals surface area contributed by atoms with Crippen LogP contribution in [0, 0.1) is 13.8 Å². The molecular formula is C21H23N5O2S. The highest BCUT2D eigenvalue weighted by atomic mass is 32.2. The van der Waals surface area contributed by atoms with Crippen LogP contribution in [0.4, 0.5) is 5.69 Å². The number of tetrazole rings is 1. The molecular weight excluding hydrogens is 386 g/mol. The first kappa shape index (κ1) is 20.7. The Balaban J connectivity index is 1.55. The number of aromatic nitrogens is 4. The van der Waals surface area contributed by atoms with Gasteiger partial charge in [-0.05, 0) is 60.9 Å². The van der Waals surface area contributed by atoms with Crippen molar-refractivity contribution in [3.63, 3.8) is 0 Å². The monoisotopic (exact) mass is 409 g/mol. The molecule has 0 aliphatic carbocycles. The van der Waals surface area contributed by atoms with Gasteiger partial charge in [0.1, 0.15) is 0 Å². The molecule has 8 heteroatoms. The Labute approximate surface area is 173 Å². The summed E-state index contributed by atoms with van der Waals surface area (Å²) in [7, 11) is 0. The highest BCUT2D eigenvalue weighted by Gasteiger charge is 2.14. The van der Waals surface area contributed by atoms with Crippen LogP contribution in [0.15, 0.2) is 47.6 Å². The van der Waals surface area contributed by atoms with Crippen LogP contribution in [-0.4, -0.2) is 37.7 Å². The number of amides is 1. The van der Waals surface area contributed by atoms with Gasteiger partial charge in [0.2, 0.25) is 11.1 Å². The van der Waals surface area contributed by atoms with Gasteiger partial charge in [0.05, 0.1) is 11.4 Å². The molecule has 0 radical (unpaired) electrons. The lowest BCUT2D eigenvalue weighted by molar-refractivity contribution is -0.116. The smallest absolute Gasteiger partial charge is 0.224 e. The molecule has 7 nitrogen and oxygen atoms in total. The number of Topliss-reactive ketones (excluding diaryl/α,β-unsaturated/α-hetero) is 1. The van der Waals surface area contributed by atoms with Gasteiger partial charge in [0.25, 0.3) is 0 Å². The summed E-state index contributed by atoms with van der Waals surface area (Å²) in [6.07, 6.45) is 1.02. The summed E-state index contributed by atoms with van der Waals surface area (Å²) in [5.74, 6) is 0.510. The van der Waals surface area contributed by atoms with E-state index in [0.29, 0.717) is 35.0 Å². The first-order valence-electron chi connectivity index (χ1n) is 9.35. The molecule has 2 aromatic carbocycles. The van der Waals surface area contributed by atoms with Crippen LogP contribution in [0.5, 0.6) is 0 Å². The lowest BCUT2D eigenvalue weighted by Gasteiger charge is -2.11. The average Bonchev–Trinajstić information content (AvgIpc) is 3.13. The number of nitrogens with zero attached hydrogens (tertiary/aromatic N) is 4. The second-order valence-corrected chi connectivity index (χ2v) is 7.78. The molecule has 0 saturated carbocycles. The molecule has 0 bridgehead atoms. The Kier molecular flexibility index (Phi) is 6.77. The normalized spacial score (nSPS) is 10.7. The number of carbonyl (C=O) groups excluding carboxylic acids is 2. The molecule has 3 rings (SSSR count). The Bertz CT molecular complexity index is 1010. The number of ketones is 1. The third-order valence-corrected chi connectivity index (χ3v) is 5.46. The lowest BCUT2D eigenvalue weighted by atomic mass is 10.1. The number of nitrogens with one attached hydrogen (secondary N) is 1. The maximum Gasteiger partial charge on any atom is 0.224 e. The zero-order valence-electron chi connectivity index (χ0n) is 16.7. The van der Waals surface area contributed by atoms with Gasteiger partial charge in [-0.3, -0.25) is 9.59 Å². The maximum atomic E-state index is 12.2. The zero-order chi connectivity index (χ0) is 20.8. The molecule has 1 aromatic heterocycles. The van der Waals surface area contributed by atoms with E-state index < -0.39 is 0 Å². The van der Waals surface area contributed by atoms with Gasteiger partial charge in [0.15, 0.2) is 5.78 Å². The van der Waals surface area contributed by atoms with Crippen LogP contribution in [0.25, 0.3) is 5.69 Å². The number of benzene rings is 2. The van der Waals surface area contributed by atoms with Crippen molar-refractivity contribution >= 4 is 29.1 Å². The fraction of sp³-hybridized carbons (Fsp3) is 0.286. The number of anilines is 1. The largest absolute Gasteiger partial charge is 0.325 e. The van der Waals surface area contributed by atoms with E-state index in [4.69, 9.17) is 0 Å². The Morgan fingerprint density at radius 1 is 1.07 bits per heavy atom. The summed E-state index contributed by atoms with van der Waals surface area (Å²) >= 11 is 1.52. The molecule has 0 spiro atoms. The average molecular weight is 410 g/mol. The third kappa shape index (κ3) is 5.08. The van der Waals surface area contributed by atoms with Gasteiger partial charge >= 0.3 is 0 Å². The molecule has 29 heavy (non-hydrogen) atoms. The Hall–Kier alpha value is -3.00. The van der Waals surface area contributed by atoms with E-state index >= 15 is 0 Å². The fourth-order valence-corrected chi connectivity index (χ4v) is 3.87. The van der Waals surface area contributed by atoms with Crippen molar-refractivity contribution in [1.29, 1.82) is 0 Å². The fourth-order valence-electron chi connectivity index (χ4n) is 3.06. The van der Waals surface area contributed by atoms with Crippen molar-refractivity contribution in [1.82, 2.24) is 20.2 Å². The first-order chi connectivity index (χ1) is 14.0. The van der Waals surface area contributed by atoms with Gasteiger partial charge in [-0.1, -0.05) is 42.1 Å². The summed E-state index contributed by atoms with van der Waals surface area (Å²) in [4.78, 5) is 23.9. The zero-order valence-corrected chi connectivity index (χ0v) is 17.5. The molecule has 0 unspecified atom stereocenters. The standard InChI is InChI=1S/C21H23N5O2S/c1-14-8-6-9-15(2)20(14)26-21(23-24-25-26)29-13-7-12-19(28)22-18-11-5-4-10-17(18)16(3)27/h4-6,8-11H,7,12-13H2,1-3H3,(H,22,28). The van der Waals surface area contributed by atoms with Crippen molar-refractivity contribution in [3.8, 4) is 5.69 Å². The van der Waals surface area contributed by atoms with Crippen LogP contribution in [0.3, 0.4) is 0 Å². The highest BCUT2D eigenvalue weighted by molar-refractivity contribution is 7.99. The minimum absolute atomic E-state index is 0.0743. The Morgan fingerprint density at radius 2 is 1.79 bits per heavy atom. The van der Waals surface area contributed by atoms with Gasteiger partial charge in [0, 0.05) is 17.7 Å². The van der Waals surface area contributed by atoms with Crippen molar-refractivity contribution in [2.45, 2.75) is 38.8 Å². The second kappa shape index (κ2) is 9.47. The summed E-state index contributed by atoms with van der Waals surface area (Å²) in [6.45, 7) is 5.55. The van der Waals surface area contributed by atoms with Crippen molar-refractivity contribution in [2.75, 3.05) is 11.1 Å². The lowest BCUT2D eigenvalue weighted by Crippen LogP contribution is -2.14. The predicted octanol–water partition coefficient (Wildman–Crippen LogP) is 3.99. The number of rotatable bonds is 8. The third-order valence-electron chi connectivity index (χ3n) is 4.45. The SMILES string of the molecule is CC(=O)c1ccccc1NC(=O)CCCSc1nnnn1-c1c(C)cccc1C. The number of carbonyl (C=O) groups is 2.